The number of carbonyl (C=O) groups is 1. The Morgan fingerprint density at radius 3 is 3.00 bits per heavy atom. The van der Waals surface area contributed by atoms with E-state index < -0.39 is 6.10 Å². The highest BCUT2D eigenvalue weighted by molar-refractivity contribution is 6.05. The van der Waals surface area contributed by atoms with Crippen LogP contribution in [0.4, 0.5) is 0 Å². The van der Waals surface area contributed by atoms with E-state index >= 15 is 0 Å². The third-order valence-corrected chi connectivity index (χ3v) is 3.57. The number of ether oxygens (including phenoxy) is 1. The van der Waals surface area contributed by atoms with Crippen LogP contribution in [0, 0.1) is 0 Å². The highest BCUT2D eigenvalue weighted by Gasteiger charge is 2.29. The van der Waals surface area contributed by atoms with Crippen molar-refractivity contribution in [1.82, 2.24) is 10.3 Å². The molecule has 1 aliphatic rings. The quantitative estimate of drug-likeness (QED) is 0.915. The fourth-order valence-corrected chi connectivity index (χ4v) is 2.37. The number of methoxy groups -OCH3 is 1. The molecule has 1 N–H and O–H groups in total. The van der Waals surface area contributed by atoms with E-state index in [1.54, 1.807) is 19.5 Å². The first-order valence-corrected chi connectivity index (χ1v) is 7.30. The molecule has 0 saturated carbocycles. The largest absolute Gasteiger partial charge is 0.496 e. The molecule has 6 nitrogen and oxygen atoms in total. The van der Waals surface area contributed by atoms with Crippen molar-refractivity contribution in [3.63, 3.8) is 0 Å². The van der Waals surface area contributed by atoms with Gasteiger partial charge in [-0.05, 0) is 23.8 Å². The summed E-state index contributed by atoms with van der Waals surface area (Å²) in [7, 11) is 1.60. The number of hydrogen-bond donors (Lipinski definition) is 1. The van der Waals surface area contributed by atoms with E-state index in [2.05, 4.69) is 15.5 Å². The minimum Gasteiger partial charge on any atom is -0.496 e. The van der Waals surface area contributed by atoms with E-state index in [9.17, 15) is 4.79 Å². The van der Waals surface area contributed by atoms with Crippen molar-refractivity contribution in [2.24, 2.45) is 5.16 Å². The second-order valence-electron chi connectivity index (χ2n) is 5.12. The number of pyridine rings is 1. The first kappa shape index (κ1) is 15.0. The zero-order chi connectivity index (χ0) is 16.1. The second kappa shape index (κ2) is 6.91. The number of hydrogen-bond acceptors (Lipinski definition) is 5. The Bertz CT molecular complexity index is 716. The lowest BCUT2D eigenvalue weighted by Gasteiger charge is -2.10. The summed E-state index contributed by atoms with van der Waals surface area (Å²) >= 11 is 0. The van der Waals surface area contributed by atoms with Gasteiger partial charge in [-0.25, -0.2) is 0 Å². The number of nitrogens with one attached hydrogen (secondary N) is 1. The molecule has 2 heterocycles. The maximum atomic E-state index is 12.2. The molecular formula is C17H17N3O3. The van der Waals surface area contributed by atoms with E-state index in [0.717, 1.165) is 11.1 Å². The lowest BCUT2D eigenvalue weighted by atomic mass is 10.0. The summed E-state index contributed by atoms with van der Waals surface area (Å²) in [4.78, 5) is 21.5. The van der Waals surface area contributed by atoms with Gasteiger partial charge >= 0.3 is 0 Å². The monoisotopic (exact) mass is 311 g/mol. The predicted molar refractivity (Wildman–Crippen MR) is 85.1 cm³/mol. The van der Waals surface area contributed by atoms with E-state index in [4.69, 9.17) is 9.57 Å². The SMILES string of the molecule is COc1ccccc1C1=NO[C@H](C(=O)NCc2cccnc2)C1. The van der Waals surface area contributed by atoms with Crippen molar-refractivity contribution in [2.75, 3.05) is 7.11 Å². The first-order chi connectivity index (χ1) is 11.3. The second-order valence-corrected chi connectivity index (χ2v) is 5.12. The van der Waals surface area contributed by atoms with Gasteiger partial charge in [0.25, 0.3) is 5.91 Å². The molecule has 1 amide bonds. The maximum absolute atomic E-state index is 12.2. The van der Waals surface area contributed by atoms with Crippen LogP contribution in [0.5, 0.6) is 5.75 Å². The van der Waals surface area contributed by atoms with Gasteiger partial charge in [0.15, 0.2) is 0 Å². The van der Waals surface area contributed by atoms with Gasteiger partial charge < -0.3 is 14.9 Å². The van der Waals surface area contributed by atoms with Crippen molar-refractivity contribution in [3.05, 3.63) is 59.9 Å². The molecule has 3 rings (SSSR count). The van der Waals surface area contributed by atoms with Crippen molar-refractivity contribution in [3.8, 4) is 5.75 Å². The molecule has 0 bridgehead atoms. The number of aromatic nitrogens is 1. The Labute approximate surface area is 134 Å². The molecule has 2 aromatic rings. The molecule has 1 atom stereocenters. The number of para-hydroxylation sites is 1. The number of oxime groups is 1. The molecular weight excluding hydrogens is 294 g/mol. The zero-order valence-corrected chi connectivity index (χ0v) is 12.7. The standard InChI is InChI=1S/C17H17N3O3/c1-22-15-7-3-2-6-13(15)14-9-16(23-20-14)17(21)19-11-12-5-4-8-18-10-12/h2-8,10,16H,9,11H2,1H3,(H,19,21)/t16-/m0/s1. The van der Waals surface area contributed by atoms with Crippen molar-refractivity contribution in [2.45, 2.75) is 19.1 Å². The normalized spacial score (nSPS) is 16.4. The Morgan fingerprint density at radius 1 is 1.35 bits per heavy atom. The predicted octanol–water partition coefficient (Wildman–Crippen LogP) is 1.90. The topological polar surface area (TPSA) is 72.8 Å². The summed E-state index contributed by atoms with van der Waals surface area (Å²) in [6, 6.07) is 11.3. The molecule has 23 heavy (non-hydrogen) atoms. The highest BCUT2D eigenvalue weighted by atomic mass is 16.6. The number of amides is 1. The third kappa shape index (κ3) is 3.48. The molecule has 0 spiro atoms. The fraction of sp³-hybridized carbons (Fsp3) is 0.235. The van der Waals surface area contributed by atoms with Crippen molar-refractivity contribution in [1.29, 1.82) is 0 Å². The van der Waals surface area contributed by atoms with E-state index in [0.29, 0.717) is 24.4 Å². The third-order valence-electron chi connectivity index (χ3n) is 3.57. The molecule has 0 unspecified atom stereocenters. The summed E-state index contributed by atoms with van der Waals surface area (Å²) in [6.45, 7) is 0.413. The smallest absolute Gasteiger partial charge is 0.264 e. The van der Waals surface area contributed by atoms with Crippen LogP contribution >= 0.6 is 0 Å². The summed E-state index contributed by atoms with van der Waals surface area (Å²) in [6.07, 6.45) is 3.21. The number of rotatable bonds is 5. The molecule has 118 valence electrons. The van der Waals surface area contributed by atoms with Crippen LogP contribution < -0.4 is 10.1 Å². The van der Waals surface area contributed by atoms with Gasteiger partial charge in [0.05, 0.1) is 12.8 Å². The zero-order valence-electron chi connectivity index (χ0n) is 12.7. The minimum absolute atomic E-state index is 0.192. The lowest BCUT2D eigenvalue weighted by Crippen LogP contribution is -2.34. The van der Waals surface area contributed by atoms with Gasteiger partial charge in [-0.2, -0.15) is 0 Å². The van der Waals surface area contributed by atoms with Gasteiger partial charge in [0, 0.05) is 30.9 Å². The van der Waals surface area contributed by atoms with Crippen LogP contribution in [-0.2, 0) is 16.2 Å². The average Bonchev–Trinajstić information content (AvgIpc) is 3.10. The molecule has 1 aromatic heterocycles. The molecule has 0 fully saturated rings. The number of carbonyl (C=O) groups excluding carboxylic acids is 1. The van der Waals surface area contributed by atoms with E-state index in [1.807, 2.05) is 36.4 Å². The Kier molecular flexibility index (Phi) is 4.52. The molecule has 0 radical (unpaired) electrons. The van der Waals surface area contributed by atoms with E-state index in [-0.39, 0.29) is 5.91 Å². The fourth-order valence-electron chi connectivity index (χ4n) is 2.37. The lowest BCUT2D eigenvalue weighted by molar-refractivity contribution is -0.131. The number of benzene rings is 1. The Hall–Kier alpha value is -2.89. The van der Waals surface area contributed by atoms with Crippen LogP contribution in [0.3, 0.4) is 0 Å². The molecule has 1 aliphatic heterocycles. The molecule has 0 aliphatic carbocycles. The van der Waals surface area contributed by atoms with Gasteiger partial charge in [0.1, 0.15) is 5.75 Å². The van der Waals surface area contributed by atoms with Gasteiger partial charge in [-0.3, -0.25) is 9.78 Å². The summed E-state index contributed by atoms with van der Waals surface area (Å²) < 4.78 is 5.31. The number of nitrogens with zero attached hydrogens (tertiary/aromatic N) is 2. The van der Waals surface area contributed by atoms with E-state index in [1.165, 1.54) is 0 Å². The molecule has 6 heteroatoms. The summed E-state index contributed by atoms with van der Waals surface area (Å²) in [5.74, 6) is 0.522. The van der Waals surface area contributed by atoms with Crippen LogP contribution in [0.15, 0.2) is 53.9 Å². The molecule has 0 saturated heterocycles. The maximum Gasteiger partial charge on any atom is 0.264 e. The van der Waals surface area contributed by atoms with Gasteiger partial charge in [-0.15, -0.1) is 0 Å². The Morgan fingerprint density at radius 2 is 2.22 bits per heavy atom. The molecule has 1 aromatic carbocycles. The van der Waals surface area contributed by atoms with Crippen LogP contribution in [0.25, 0.3) is 0 Å². The van der Waals surface area contributed by atoms with Crippen LogP contribution in [0.1, 0.15) is 17.5 Å². The highest BCUT2D eigenvalue weighted by Crippen LogP contribution is 2.24. The summed E-state index contributed by atoms with van der Waals surface area (Å²) in [5.41, 5.74) is 2.49. The van der Waals surface area contributed by atoms with Crippen molar-refractivity contribution >= 4 is 11.6 Å². The Balaban J connectivity index is 1.59. The average molecular weight is 311 g/mol. The van der Waals surface area contributed by atoms with Crippen molar-refractivity contribution < 1.29 is 14.4 Å². The van der Waals surface area contributed by atoms with Gasteiger partial charge in [0.2, 0.25) is 6.10 Å². The summed E-state index contributed by atoms with van der Waals surface area (Å²) in [5, 5.41) is 6.87. The minimum atomic E-state index is -0.619. The van der Waals surface area contributed by atoms with Gasteiger partial charge in [-0.1, -0.05) is 23.4 Å². The van der Waals surface area contributed by atoms with Crippen LogP contribution in [-0.4, -0.2) is 29.8 Å². The first-order valence-electron chi connectivity index (χ1n) is 7.30. The van der Waals surface area contributed by atoms with Crippen LogP contribution in [0.2, 0.25) is 0 Å².